The lowest BCUT2D eigenvalue weighted by Gasteiger charge is -2.32. The van der Waals surface area contributed by atoms with Crippen molar-refractivity contribution in [3.8, 4) is 0 Å². The van der Waals surface area contributed by atoms with Crippen LogP contribution in [0.2, 0.25) is 0 Å². The first-order valence-corrected chi connectivity index (χ1v) is 8.51. The van der Waals surface area contributed by atoms with E-state index in [2.05, 4.69) is 53.3 Å². The molecule has 1 fully saturated rings. The van der Waals surface area contributed by atoms with Gasteiger partial charge in [0.1, 0.15) is 0 Å². The van der Waals surface area contributed by atoms with Crippen molar-refractivity contribution in [3.05, 3.63) is 33.8 Å². The zero-order valence-corrected chi connectivity index (χ0v) is 13.8. The van der Waals surface area contributed by atoms with E-state index in [1.165, 1.54) is 54.1 Å². The molecule has 106 valence electrons. The number of hydrogen-bond acceptors (Lipinski definition) is 1. The SMILES string of the molecule is CCCNC(c1cc(C)ccc1Br)C1CCCCC1. The Hall–Kier alpha value is -0.340. The fraction of sp³-hybridized carbons (Fsp3) is 0.647. The Labute approximate surface area is 126 Å². The number of nitrogens with one attached hydrogen (secondary N) is 1. The van der Waals surface area contributed by atoms with Crippen molar-refractivity contribution < 1.29 is 0 Å². The second-order valence-corrected chi connectivity index (χ2v) is 6.71. The van der Waals surface area contributed by atoms with Crippen LogP contribution in [-0.2, 0) is 0 Å². The number of halogens is 1. The molecule has 0 aromatic heterocycles. The molecule has 1 aromatic carbocycles. The molecule has 1 aliphatic rings. The predicted octanol–water partition coefficient (Wildman–Crippen LogP) is 5.38. The number of benzene rings is 1. The Morgan fingerprint density at radius 2 is 2.00 bits per heavy atom. The van der Waals surface area contributed by atoms with Crippen LogP contribution in [0.4, 0.5) is 0 Å². The standard InChI is InChI=1S/C17H26BrN/c1-3-11-19-17(14-7-5-4-6-8-14)15-12-13(2)9-10-16(15)18/h9-10,12,14,17,19H,3-8,11H2,1-2H3. The van der Waals surface area contributed by atoms with Crippen LogP contribution in [0.3, 0.4) is 0 Å². The fourth-order valence-corrected chi connectivity index (χ4v) is 3.69. The van der Waals surface area contributed by atoms with E-state index in [4.69, 9.17) is 0 Å². The third-order valence-corrected chi connectivity index (χ3v) is 4.94. The highest BCUT2D eigenvalue weighted by atomic mass is 79.9. The molecule has 1 saturated carbocycles. The van der Waals surface area contributed by atoms with Gasteiger partial charge in [-0.05, 0) is 50.3 Å². The van der Waals surface area contributed by atoms with Gasteiger partial charge >= 0.3 is 0 Å². The molecule has 1 atom stereocenters. The van der Waals surface area contributed by atoms with E-state index < -0.39 is 0 Å². The zero-order valence-electron chi connectivity index (χ0n) is 12.2. The lowest BCUT2D eigenvalue weighted by molar-refractivity contribution is 0.271. The van der Waals surface area contributed by atoms with Gasteiger partial charge in [0.15, 0.2) is 0 Å². The molecule has 2 heteroatoms. The van der Waals surface area contributed by atoms with E-state index in [9.17, 15) is 0 Å². The Bertz CT molecular complexity index is 396. The monoisotopic (exact) mass is 323 g/mol. The quantitative estimate of drug-likeness (QED) is 0.767. The van der Waals surface area contributed by atoms with Gasteiger partial charge in [0.05, 0.1) is 0 Å². The molecule has 1 N–H and O–H groups in total. The van der Waals surface area contributed by atoms with Crippen molar-refractivity contribution in [2.24, 2.45) is 5.92 Å². The predicted molar refractivity (Wildman–Crippen MR) is 86.5 cm³/mol. The fourth-order valence-electron chi connectivity index (χ4n) is 3.20. The molecule has 0 spiro atoms. The second-order valence-electron chi connectivity index (χ2n) is 5.85. The minimum Gasteiger partial charge on any atom is -0.310 e. The molecule has 0 heterocycles. The van der Waals surface area contributed by atoms with E-state index in [0.29, 0.717) is 6.04 Å². The molecule has 1 unspecified atom stereocenters. The van der Waals surface area contributed by atoms with Crippen molar-refractivity contribution in [3.63, 3.8) is 0 Å². The minimum atomic E-state index is 0.523. The van der Waals surface area contributed by atoms with Gasteiger partial charge in [-0.2, -0.15) is 0 Å². The van der Waals surface area contributed by atoms with Crippen LogP contribution in [0.1, 0.15) is 62.6 Å². The Morgan fingerprint density at radius 1 is 1.26 bits per heavy atom. The third kappa shape index (κ3) is 4.06. The van der Waals surface area contributed by atoms with E-state index in [-0.39, 0.29) is 0 Å². The summed E-state index contributed by atoms with van der Waals surface area (Å²) in [4.78, 5) is 0. The summed E-state index contributed by atoms with van der Waals surface area (Å²) >= 11 is 3.75. The average molecular weight is 324 g/mol. The highest BCUT2D eigenvalue weighted by Gasteiger charge is 2.25. The van der Waals surface area contributed by atoms with E-state index in [0.717, 1.165) is 12.5 Å². The normalized spacial score (nSPS) is 18.5. The summed E-state index contributed by atoms with van der Waals surface area (Å²) in [5.74, 6) is 0.804. The van der Waals surface area contributed by atoms with Gasteiger partial charge in [-0.15, -0.1) is 0 Å². The summed E-state index contributed by atoms with van der Waals surface area (Å²) in [6.07, 6.45) is 8.18. The molecule has 2 rings (SSSR count). The molecule has 0 saturated heterocycles. The molecular weight excluding hydrogens is 298 g/mol. The third-order valence-electron chi connectivity index (χ3n) is 4.22. The van der Waals surface area contributed by atoms with Crippen LogP contribution in [0.25, 0.3) is 0 Å². The Morgan fingerprint density at radius 3 is 2.68 bits per heavy atom. The van der Waals surface area contributed by atoms with Crippen molar-refractivity contribution in [2.75, 3.05) is 6.54 Å². The summed E-state index contributed by atoms with van der Waals surface area (Å²) in [6, 6.07) is 7.26. The first kappa shape index (κ1) is 15.1. The molecule has 1 aromatic rings. The lowest BCUT2D eigenvalue weighted by Crippen LogP contribution is -2.30. The summed E-state index contributed by atoms with van der Waals surface area (Å²) in [7, 11) is 0. The van der Waals surface area contributed by atoms with Gasteiger partial charge in [0.25, 0.3) is 0 Å². The summed E-state index contributed by atoms with van der Waals surface area (Å²) < 4.78 is 1.26. The largest absolute Gasteiger partial charge is 0.310 e. The van der Waals surface area contributed by atoms with Crippen molar-refractivity contribution in [1.82, 2.24) is 5.32 Å². The van der Waals surface area contributed by atoms with Gasteiger partial charge in [-0.1, -0.05) is 59.8 Å². The first-order valence-electron chi connectivity index (χ1n) is 7.71. The topological polar surface area (TPSA) is 12.0 Å². The maximum Gasteiger partial charge on any atom is 0.0359 e. The summed E-state index contributed by atoms with van der Waals surface area (Å²) in [5.41, 5.74) is 2.82. The average Bonchev–Trinajstić information content (AvgIpc) is 2.44. The molecule has 0 bridgehead atoms. The van der Waals surface area contributed by atoms with Gasteiger partial charge in [-0.3, -0.25) is 0 Å². The van der Waals surface area contributed by atoms with Crippen LogP contribution < -0.4 is 5.32 Å². The number of rotatable bonds is 5. The van der Waals surface area contributed by atoms with Gasteiger partial charge in [0.2, 0.25) is 0 Å². The smallest absolute Gasteiger partial charge is 0.0359 e. The van der Waals surface area contributed by atoms with Gasteiger partial charge < -0.3 is 5.32 Å². The van der Waals surface area contributed by atoms with Crippen molar-refractivity contribution >= 4 is 15.9 Å². The molecule has 0 aliphatic heterocycles. The first-order chi connectivity index (χ1) is 9.22. The van der Waals surface area contributed by atoms with Gasteiger partial charge in [-0.25, -0.2) is 0 Å². The lowest BCUT2D eigenvalue weighted by atomic mass is 9.81. The number of aryl methyl sites for hydroxylation is 1. The van der Waals surface area contributed by atoms with E-state index >= 15 is 0 Å². The van der Waals surface area contributed by atoms with E-state index in [1.807, 2.05) is 0 Å². The highest BCUT2D eigenvalue weighted by molar-refractivity contribution is 9.10. The molecule has 0 radical (unpaired) electrons. The zero-order chi connectivity index (χ0) is 13.7. The maximum absolute atomic E-state index is 3.79. The van der Waals surface area contributed by atoms with Crippen LogP contribution in [0, 0.1) is 12.8 Å². The van der Waals surface area contributed by atoms with Crippen LogP contribution in [0.5, 0.6) is 0 Å². The van der Waals surface area contributed by atoms with Crippen molar-refractivity contribution in [1.29, 1.82) is 0 Å². The van der Waals surface area contributed by atoms with Gasteiger partial charge in [0, 0.05) is 10.5 Å². The van der Waals surface area contributed by atoms with Crippen molar-refractivity contribution in [2.45, 2.75) is 58.4 Å². The molecule has 1 nitrogen and oxygen atoms in total. The molecule has 19 heavy (non-hydrogen) atoms. The highest BCUT2D eigenvalue weighted by Crippen LogP contribution is 2.37. The summed E-state index contributed by atoms with van der Waals surface area (Å²) in [5, 5.41) is 3.79. The van der Waals surface area contributed by atoms with Crippen LogP contribution in [0.15, 0.2) is 22.7 Å². The van der Waals surface area contributed by atoms with E-state index in [1.54, 1.807) is 0 Å². The maximum atomic E-state index is 3.79. The molecule has 0 amide bonds. The van der Waals surface area contributed by atoms with Crippen LogP contribution in [-0.4, -0.2) is 6.54 Å². The van der Waals surface area contributed by atoms with Crippen LogP contribution >= 0.6 is 15.9 Å². The second kappa shape index (κ2) is 7.44. The molecular formula is C17H26BrN. The Balaban J connectivity index is 2.22. The summed E-state index contributed by atoms with van der Waals surface area (Å²) in [6.45, 7) is 5.55. The molecule has 1 aliphatic carbocycles. The Kier molecular flexibility index (Phi) is 5.90. The number of hydrogen-bond donors (Lipinski definition) is 1. The minimum absolute atomic E-state index is 0.523.